The van der Waals surface area contributed by atoms with Crippen LogP contribution in [0.25, 0.3) is 10.8 Å². The Morgan fingerprint density at radius 1 is 0.920 bits per heavy atom. The van der Waals surface area contributed by atoms with Gasteiger partial charge in [0, 0.05) is 9.86 Å². The second-order valence-corrected chi connectivity index (χ2v) is 8.01. The molecular weight excluding hydrogens is 406 g/mol. The average Bonchev–Trinajstić information content (AvgIpc) is 2.86. The molecule has 0 radical (unpaired) electrons. The van der Waals surface area contributed by atoms with Gasteiger partial charge in [-0.2, -0.15) is 0 Å². The summed E-state index contributed by atoms with van der Waals surface area (Å²) < 4.78 is 27.8. The van der Waals surface area contributed by atoms with E-state index in [1.165, 1.54) is 0 Å². The molecule has 2 amide bonds. The molecule has 6 nitrogen and oxygen atoms in total. The molecule has 3 aromatic rings. The van der Waals surface area contributed by atoms with Crippen LogP contribution >= 0.6 is 15.9 Å². The number of amides is 2. The molecule has 0 atom stereocenters. The van der Waals surface area contributed by atoms with Crippen molar-refractivity contribution in [1.29, 1.82) is 0 Å². The van der Waals surface area contributed by atoms with Crippen LogP contribution in [0.3, 0.4) is 0 Å². The van der Waals surface area contributed by atoms with Gasteiger partial charge in [0.1, 0.15) is 0 Å². The molecule has 1 aliphatic rings. The van der Waals surface area contributed by atoms with Gasteiger partial charge in [0.2, 0.25) is 0 Å². The Bertz CT molecular complexity index is 1130. The van der Waals surface area contributed by atoms with E-state index in [2.05, 4.69) is 31.3 Å². The number of rotatable bonds is 2. The molecule has 0 aromatic heterocycles. The van der Waals surface area contributed by atoms with Crippen LogP contribution in [0.2, 0.25) is 0 Å². The van der Waals surface area contributed by atoms with E-state index in [0.29, 0.717) is 22.4 Å². The quantitative estimate of drug-likeness (QED) is 0.578. The highest BCUT2D eigenvalue weighted by Crippen LogP contribution is 2.42. The summed E-state index contributed by atoms with van der Waals surface area (Å²) in [5.74, 6) is 0. The SMILES string of the molecule is O=C(Nc1ccccc1Br)Nc1ccc2cccc3c2c1NS3(=O)=O. The molecule has 0 saturated heterocycles. The number of para-hydroxylation sites is 1. The molecule has 4 rings (SSSR count). The maximum atomic E-state index is 12.3. The third-order valence-corrected chi connectivity index (χ3v) is 5.99. The summed E-state index contributed by atoms with van der Waals surface area (Å²) in [7, 11) is -3.61. The van der Waals surface area contributed by atoms with Gasteiger partial charge < -0.3 is 10.6 Å². The molecule has 0 bridgehead atoms. The Morgan fingerprint density at radius 3 is 2.48 bits per heavy atom. The van der Waals surface area contributed by atoms with Crippen LogP contribution in [0.15, 0.2) is 64.0 Å². The van der Waals surface area contributed by atoms with Crippen molar-refractivity contribution in [2.24, 2.45) is 0 Å². The first-order valence-corrected chi connectivity index (χ1v) is 9.64. The van der Waals surface area contributed by atoms with E-state index in [4.69, 9.17) is 0 Å². The molecule has 0 fully saturated rings. The number of nitrogens with one attached hydrogen (secondary N) is 3. The summed E-state index contributed by atoms with van der Waals surface area (Å²) in [5, 5.41) is 6.80. The van der Waals surface area contributed by atoms with Gasteiger partial charge in [-0.3, -0.25) is 4.72 Å². The number of carbonyl (C=O) groups is 1. The molecule has 0 unspecified atom stereocenters. The largest absolute Gasteiger partial charge is 0.323 e. The summed E-state index contributed by atoms with van der Waals surface area (Å²) in [6, 6.07) is 15.3. The molecule has 3 N–H and O–H groups in total. The van der Waals surface area contributed by atoms with E-state index in [0.717, 1.165) is 9.86 Å². The lowest BCUT2D eigenvalue weighted by atomic mass is 10.1. The molecule has 3 aromatic carbocycles. The lowest BCUT2D eigenvalue weighted by Crippen LogP contribution is -2.20. The zero-order valence-corrected chi connectivity index (χ0v) is 15.1. The zero-order chi connectivity index (χ0) is 17.6. The number of urea groups is 1. The third-order valence-electron chi connectivity index (χ3n) is 3.90. The smallest absolute Gasteiger partial charge is 0.307 e. The summed E-state index contributed by atoms with van der Waals surface area (Å²) in [5.41, 5.74) is 1.39. The monoisotopic (exact) mass is 417 g/mol. The molecule has 1 aliphatic heterocycles. The minimum Gasteiger partial charge on any atom is -0.307 e. The van der Waals surface area contributed by atoms with Gasteiger partial charge in [0.25, 0.3) is 10.0 Å². The molecular formula is C17H12BrN3O3S. The van der Waals surface area contributed by atoms with E-state index < -0.39 is 16.1 Å². The maximum Gasteiger partial charge on any atom is 0.323 e. The van der Waals surface area contributed by atoms with Crippen molar-refractivity contribution in [1.82, 2.24) is 0 Å². The van der Waals surface area contributed by atoms with Gasteiger partial charge in [0.05, 0.1) is 22.0 Å². The number of carbonyl (C=O) groups excluding carboxylic acids is 1. The van der Waals surface area contributed by atoms with Crippen LogP contribution in [0, 0.1) is 0 Å². The van der Waals surface area contributed by atoms with Crippen LogP contribution < -0.4 is 15.4 Å². The first-order valence-electron chi connectivity index (χ1n) is 7.37. The fourth-order valence-corrected chi connectivity index (χ4v) is 4.53. The van der Waals surface area contributed by atoms with E-state index in [1.54, 1.807) is 36.4 Å². The van der Waals surface area contributed by atoms with Crippen molar-refractivity contribution < 1.29 is 13.2 Å². The van der Waals surface area contributed by atoms with Crippen LogP contribution in [0.5, 0.6) is 0 Å². The second kappa shape index (κ2) is 5.75. The normalized spacial score (nSPS) is 14.1. The van der Waals surface area contributed by atoms with Gasteiger partial charge in [0.15, 0.2) is 0 Å². The number of sulfonamides is 1. The highest BCUT2D eigenvalue weighted by atomic mass is 79.9. The number of benzene rings is 3. The average molecular weight is 418 g/mol. The van der Waals surface area contributed by atoms with Gasteiger partial charge in [-0.1, -0.05) is 30.3 Å². The Labute approximate surface area is 152 Å². The molecule has 0 aliphatic carbocycles. The van der Waals surface area contributed by atoms with E-state index >= 15 is 0 Å². The second-order valence-electron chi connectivity index (χ2n) is 5.51. The van der Waals surface area contributed by atoms with Crippen molar-refractivity contribution in [3.05, 3.63) is 59.1 Å². The summed E-state index contributed by atoms with van der Waals surface area (Å²) in [6.45, 7) is 0. The molecule has 126 valence electrons. The van der Waals surface area contributed by atoms with Gasteiger partial charge >= 0.3 is 6.03 Å². The first-order chi connectivity index (χ1) is 12.0. The number of hydrogen-bond acceptors (Lipinski definition) is 3. The summed E-state index contributed by atoms with van der Waals surface area (Å²) >= 11 is 3.36. The number of anilines is 3. The molecule has 1 heterocycles. The molecule has 0 saturated carbocycles. The number of halogens is 1. The fourth-order valence-electron chi connectivity index (χ4n) is 2.81. The van der Waals surface area contributed by atoms with Crippen molar-refractivity contribution in [3.63, 3.8) is 0 Å². The summed E-state index contributed by atoms with van der Waals surface area (Å²) in [6.07, 6.45) is 0. The Balaban J connectivity index is 1.69. The van der Waals surface area contributed by atoms with Crippen LogP contribution in [-0.2, 0) is 10.0 Å². The van der Waals surface area contributed by atoms with Crippen molar-refractivity contribution in [3.8, 4) is 0 Å². The Hall–Kier alpha value is -2.58. The summed E-state index contributed by atoms with van der Waals surface area (Å²) in [4.78, 5) is 12.5. The highest BCUT2D eigenvalue weighted by Gasteiger charge is 2.29. The molecule has 25 heavy (non-hydrogen) atoms. The fraction of sp³-hybridized carbons (Fsp3) is 0. The Kier molecular flexibility index (Phi) is 3.66. The van der Waals surface area contributed by atoms with Crippen molar-refractivity contribution in [2.45, 2.75) is 4.90 Å². The van der Waals surface area contributed by atoms with E-state index in [-0.39, 0.29) is 4.90 Å². The van der Waals surface area contributed by atoms with Crippen LogP contribution in [-0.4, -0.2) is 14.4 Å². The lowest BCUT2D eigenvalue weighted by Gasteiger charge is -2.12. The molecule has 8 heteroatoms. The highest BCUT2D eigenvalue weighted by molar-refractivity contribution is 9.10. The predicted molar refractivity (Wildman–Crippen MR) is 102 cm³/mol. The zero-order valence-electron chi connectivity index (χ0n) is 12.7. The van der Waals surface area contributed by atoms with Gasteiger partial charge in [-0.05, 0) is 45.6 Å². The van der Waals surface area contributed by atoms with E-state index in [9.17, 15) is 13.2 Å². The van der Waals surface area contributed by atoms with Crippen molar-refractivity contribution >= 4 is 59.8 Å². The topological polar surface area (TPSA) is 87.3 Å². The van der Waals surface area contributed by atoms with Crippen LogP contribution in [0.1, 0.15) is 0 Å². The minimum atomic E-state index is -3.61. The standard InChI is InChI=1S/C17H12BrN3O3S/c18-11-5-1-2-6-12(11)19-17(22)20-13-9-8-10-4-3-7-14-15(10)16(13)21-25(14,23)24/h1-9,21H,(H2,19,20,22). The van der Waals surface area contributed by atoms with Crippen molar-refractivity contribution in [2.75, 3.05) is 15.4 Å². The first kappa shape index (κ1) is 15.9. The van der Waals surface area contributed by atoms with Gasteiger partial charge in [-0.15, -0.1) is 0 Å². The molecule has 0 spiro atoms. The minimum absolute atomic E-state index is 0.217. The predicted octanol–water partition coefficient (Wildman–Crippen LogP) is 4.36. The van der Waals surface area contributed by atoms with E-state index in [1.807, 2.05) is 18.2 Å². The lowest BCUT2D eigenvalue weighted by molar-refractivity contribution is 0.262. The van der Waals surface area contributed by atoms with Crippen LogP contribution in [0.4, 0.5) is 21.9 Å². The Morgan fingerprint density at radius 2 is 1.68 bits per heavy atom. The number of hydrogen-bond donors (Lipinski definition) is 3. The van der Waals surface area contributed by atoms with Gasteiger partial charge in [-0.25, -0.2) is 13.2 Å². The third kappa shape index (κ3) is 2.73. The maximum absolute atomic E-state index is 12.3.